The maximum atomic E-state index is 12.7. The van der Waals surface area contributed by atoms with Crippen molar-refractivity contribution in [1.29, 1.82) is 0 Å². The molecule has 0 radical (unpaired) electrons. The molecular formula is C19H16Br2N2O4. The molecule has 1 N–H and O–H groups in total. The van der Waals surface area contributed by atoms with Crippen molar-refractivity contribution in [3.8, 4) is 11.5 Å². The van der Waals surface area contributed by atoms with Gasteiger partial charge in [0.15, 0.2) is 11.5 Å². The molecule has 1 heterocycles. The summed E-state index contributed by atoms with van der Waals surface area (Å²) in [6.45, 7) is 0.189. The topological polar surface area (TPSA) is 67.9 Å². The van der Waals surface area contributed by atoms with E-state index in [9.17, 15) is 9.59 Å². The van der Waals surface area contributed by atoms with Crippen LogP contribution in [0.5, 0.6) is 11.5 Å². The summed E-state index contributed by atoms with van der Waals surface area (Å²) in [5, 5.41) is 2.62. The quantitative estimate of drug-likeness (QED) is 0.495. The van der Waals surface area contributed by atoms with Gasteiger partial charge < -0.3 is 14.8 Å². The lowest BCUT2D eigenvalue weighted by Crippen LogP contribution is -2.30. The number of rotatable bonds is 5. The first-order valence-electron chi connectivity index (χ1n) is 7.93. The minimum Gasteiger partial charge on any atom is -0.493 e. The minimum absolute atomic E-state index is 0.176. The summed E-state index contributed by atoms with van der Waals surface area (Å²) in [5.74, 6) is 0.590. The number of carbonyl (C=O) groups excluding carboxylic acids is 2. The van der Waals surface area contributed by atoms with E-state index in [2.05, 4.69) is 37.2 Å². The van der Waals surface area contributed by atoms with Crippen molar-refractivity contribution >= 4 is 49.9 Å². The zero-order valence-corrected chi connectivity index (χ0v) is 17.8. The molecule has 1 aliphatic rings. The summed E-state index contributed by atoms with van der Waals surface area (Å²) < 4.78 is 12.4. The average molecular weight is 496 g/mol. The standard InChI is InChI=1S/C19H16Br2N2O4/c1-26-16-9-14(21)7-12(17(16)27-2)8-15-18(24)23(19(25)22-15)10-11-3-5-13(20)6-4-11/h3-9H,10H2,1-2H3,(H,22,25)/b15-8+. The van der Waals surface area contributed by atoms with Gasteiger partial charge >= 0.3 is 6.03 Å². The molecule has 0 bridgehead atoms. The van der Waals surface area contributed by atoms with Crippen molar-refractivity contribution in [2.75, 3.05) is 14.2 Å². The summed E-state index contributed by atoms with van der Waals surface area (Å²) in [4.78, 5) is 26.2. The number of nitrogens with one attached hydrogen (secondary N) is 1. The molecule has 8 heteroatoms. The van der Waals surface area contributed by atoms with Gasteiger partial charge in [-0.15, -0.1) is 0 Å². The third kappa shape index (κ3) is 4.17. The zero-order chi connectivity index (χ0) is 19.6. The molecule has 0 unspecified atom stereocenters. The van der Waals surface area contributed by atoms with E-state index >= 15 is 0 Å². The van der Waals surface area contributed by atoms with Gasteiger partial charge in [0.1, 0.15) is 5.70 Å². The number of amides is 3. The van der Waals surface area contributed by atoms with Gasteiger partial charge in [-0.1, -0.05) is 44.0 Å². The number of nitrogens with zero attached hydrogens (tertiary/aromatic N) is 1. The lowest BCUT2D eigenvalue weighted by atomic mass is 10.1. The molecule has 6 nitrogen and oxygen atoms in total. The molecule has 1 fully saturated rings. The number of halogens is 2. The van der Waals surface area contributed by atoms with Crippen molar-refractivity contribution in [2.45, 2.75) is 6.54 Å². The molecule has 0 spiro atoms. The fraction of sp³-hybridized carbons (Fsp3) is 0.158. The fourth-order valence-corrected chi connectivity index (χ4v) is 3.43. The summed E-state index contributed by atoms with van der Waals surface area (Å²) in [6, 6.07) is 10.5. The maximum absolute atomic E-state index is 12.7. The van der Waals surface area contributed by atoms with Crippen LogP contribution in [-0.2, 0) is 11.3 Å². The smallest absolute Gasteiger partial charge is 0.329 e. The Kier molecular flexibility index (Phi) is 5.86. The Labute approximate surface area is 173 Å². The van der Waals surface area contributed by atoms with Gasteiger partial charge in [-0.25, -0.2) is 4.79 Å². The first-order chi connectivity index (χ1) is 12.9. The summed E-state index contributed by atoms with van der Waals surface area (Å²) >= 11 is 6.77. The van der Waals surface area contributed by atoms with Gasteiger partial charge in [0.25, 0.3) is 5.91 Å². The van der Waals surface area contributed by atoms with E-state index in [-0.39, 0.29) is 12.2 Å². The van der Waals surface area contributed by atoms with Crippen molar-refractivity contribution in [3.05, 3.63) is 62.2 Å². The average Bonchev–Trinajstić information content (AvgIpc) is 2.90. The van der Waals surface area contributed by atoms with Gasteiger partial charge in [-0.2, -0.15) is 0 Å². The van der Waals surface area contributed by atoms with Crippen LogP contribution in [0.4, 0.5) is 4.79 Å². The van der Waals surface area contributed by atoms with Crippen molar-refractivity contribution in [1.82, 2.24) is 10.2 Å². The molecule has 0 atom stereocenters. The first kappa shape index (κ1) is 19.4. The Morgan fingerprint density at radius 1 is 1.04 bits per heavy atom. The maximum Gasteiger partial charge on any atom is 0.329 e. The Morgan fingerprint density at radius 2 is 1.74 bits per heavy atom. The van der Waals surface area contributed by atoms with E-state index in [1.807, 2.05) is 24.3 Å². The van der Waals surface area contributed by atoms with E-state index < -0.39 is 11.9 Å². The van der Waals surface area contributed by atoms with Gasteiger partial charge in [0.2, 0.25) is 0 Å². The molecule has 140 valence electrons. The molecule has 1 saturated heterocycles. The molecule has 0 aliphatic carbocycles. The Hall–Kier alpha value is -2.32. The molecule has 0 aromatic heterocycles. The monoisotopic (exact) mass is 494 g/mol. The van der Waals surface area contributed by atoms with E-state index in [4.69, 9.17) is 9.47 Å². The fourth-order valence-electron chi connectivity index (χ4n) is 2.71. The number of methoxy groups -OCH3 is 2. The van der Waals surface area contributed by atoms with Crippen LogP contribution in [0, 0.1) is 0 Å². The molecule has 27 heavy (non-hydrogen) atoms. The third-order valence-corrected chi connectivity index (χ3v) is 4.97. The predicted molar refractivity (Wildman–Crippen MR) is 108 cm³/mol. The SMILES string of the molecule is COc1cc(Br)cc(/C=C2/NC(=O)N(Cc3ccc(Br)cc3)C2=O)c1OC. The van der Waals surface area contributed by atoms with Gasteiger partial charge in [0.05, 0.1) is 20.8 Å². The second kappa shape index (κ2) is 8.14. The highest BCUT2D eigenvalue weighted by atomic mass is 79.9. The van der Waals surface area contributed by atoms with Crippen molar-refractivity contribution < 1.29 is 19.1 Å². The van der Waals surface area contributed by atoms with Crippen LogP contribution in [0.15, 0.2) is 51.0 Å². The van der Waals surface area contributed by atoms with Crippen LogP contribution in [-0.4, -0.2) is 31.1 Å². The van der Waals surface area contributed by atoms with E-state index in [1.165, 1.54) is 14.2 Å². The highest BCUT2D eigenvalue weighted by molar-refractivity contribution is 9.10. The Morgan fingerprint density at radius 3 is 2.37 bits per heavy atom. The summed E-state index contributed by atoms with van der Waals surface area (Å²) in [5.41, 5.74) is 1.64. The number of hydrogen-bond acceptors (Lipinski definition) is 4. The van der Waals surface area contributed by atoms with Crippen LogP contribution in [0.1, 0.15) is 11.1 Å². The van der Waals surface area contributed by atoms with Crippen LogP contribution in [0.2, 0.25) is 0 Å². The van der Waals surface area contributed by atoms with Gasteiger partial charge in [-0.3, -0.25) is 9.69 Å². The van der Waals surface area contributed by atoms with Gasteiger partial charge in [0, 0.05) is 14.5 Å². The summed E-state index contributed by atoms with van der Waals surface area (Å²) in [6.07, 6.45) is 1.58. The van der Waals surface area contributed by atoms with Crippen LogP contribution in [0.25, 0.3) is 6.08 Å². The number of carbonyl (C=O) groups is 2. The number of benzene rings is 2. The van der Waals surface area contributed by atoms with Crippen molar-refractivity contribution in [2.24, 2.45) is 0 Å². The highest BCUT2D eigenvalue weighted by Crippen LogP contribution is 2.36. The molecule has 0 saturated carbocycles. The molecule has 1 aliphatic heterocycles. The normalized spacial score (nSPS) is 15.3. The molecule has 3 rings (SSSR count). The van der Waals surface area contributed by atoms with Crippen LogP contribution in [0.3, 0.4) is 0 Å². The number of ether oxygens (including phenoxy) is 2. The van der Waals surface area contributed by atoms with E-state index in [1.54, 1.807) is 18.2 Å². The third-order valence-electron chi connectivity index (χ3n) is 3.99. The minimum atomic E-state index is -0.463. The van der Waals surface area contributed by atoms with Crippen LogP contribution < -0.4 is 14.8 Å². The Balaban J connectivity index is 1.90. The van der Waals surface area contributed by atoms with E-state index in [0.29, 0.717) is 17.1 Å². The Bertz CT molecular complexity index is 926. The molecule has 2 aromatic rings. The molecular weight excluding hydrogens is 480 g/mol. The van der Waals surface area contributed by atoms with Crippen LogP contribution >= 0.6 is 31.9 Å². The molecule has 3 amide bonds. The lowest BCUT2D eigenvalue weighted by molar-refractivity contribution is -0.123. The molecule has 2 aromatic carbocycles. The second-order valence-electron chi connectivity index (χ2n) is 5.74. The second-order valence-corrected chi connectivity index (χ2v) is 7.57. The summed E-state index contributed by atoms with van der Waals surface area (Å²) in [7, 11) is 3.05. The number of imide groups is 1. The predicted octanol–water partition coefficient (Wildman–Crippen LogP) is 4.32. The largest absolute Gasteiger partial charge is 0.493 e. The lowest BCUT2D eigenvalue weighted by Gasteiger charge is -2.12. The van der Waals surface area contributed by atoms with Crippen molar-refractivity contribution in [3.63, 3.8) is 0 Å². The first-order valence-corrected chi connectivity index (χ1v) is 9.52. The highest BCUT2D eigenvalue weighted by Gasteiger charge is 2.33. The zero-order valence-electron chi connectivity index (χ0n) is 14.6. The number of urea groups is 1. The van der Waals surface area contributed by atoms with E-state index in [0.717, 1.165) is 19.4 Å². The number of hydrogen-bond donors (Lipinski definition) is 1. The van der Waals surface area contributed by atoms with Gasteiger partial charge in [-0.05, 0) is 35.9 Å².